The summed E-state index contributed by atoms with van der Waals surface area (Å²) in [4.78, 5) is 26.3. The zero-order valence-corrected chi connectivity index (χ0v) is 18.7. The zero-order valence-electron chi connectivity index (χ0n) is 18.0. The lowest BCUT2D eigenvalue weighted by atomic mass is 10.1. The molecule has 0 bridgehead atoms. The topological polar surface area (TPSA) is 51.1 Å². The van der Waals surface area contributed by atoms with Crippen molar-refractivity contribution in [1.29, 1.82) is 0 Å². The van der Waals surface area contributed by atoms with Gasteiger partial charge in [0.05, 0.1) is 12.1 Å². The number of carbonyl (C=O) groups excluding carboxylic acids is 1. The molecule has 0 unspecified atom stereocenters. The molecule has 1 amide bonds. The second-order valence-corrected chi connectivity index (χ2v) is 8.19. The number of aromatic nitrogens is 1. The van der Waals surface area contributed by atoms with E-state index in [2.05, 4.69) is 24.4 Å². The summed E-state index contributed by atoms with van der Waals surface area (Å²) in [6.07, 6.45) is 1.65. The maximum absolute atomic E-state index is 13.4. The molecule has 0 saturated carbocycles. The van der Waals surface area contributed by atoms with Crippen LogP contribution in [0.5, 0.6) is 0 Å². The number of benzene rings is 3. The van der Waals surface area contributed by atoms with Gasteiger partial charge in [-0.2, -0.15) is 0 Å². The average molecular weight is 445 g/mol. The van der Waals surface area contributed by atoms with Crippen LogP contribution in [0.15, 0.2) is 83.7 Å². The van der Waals surface area contributed by atoms with E-state index >= 15 is 0 Å². The molecule has 4 rings (SSSR count). The molecule has 0 aliphatic rings. The molecular formula is C27H25ClN2O2. The van der Waals surface area contributed by atoms with Crippen LogP contribution in [0, 0.1) is 0 Å². The molecule has 0 saturated heterocycles. The molecule has 0 atom stereocenters. The number of rotatable bonds is 7. The highest BCUT2D eigenvalue weighted by atomic mass is 35.5. The van der Waals surface area contributed by atoms with Crippen LogP contribution in [0.3, 0.4) is 0 Å². The molecule has 162 valence electrons. The average Bonchev–Trinajstić information content (AvgIpc) is 2.82. The highest BCUT2D eigenvalue weighted by Gasteiger charge is 2.17. The number of amides is 1. The second kappa shape index (κ2) is 9.84. The summed E-state index contributed by atoms with van der Waals surface area (Å²) in [7, 11) is 0. The number of halogens is 1. The van der Waals surface area contributed by atoms with Gasteiger partial charge in [0.2, 0.25) is 0 Å². The normalized spacial score (nSPS) is 10.9. The number of nitrogens with one attached hydrogen (secondary N) is 1. The van der Waals surface area contributed by atoms with E-state index in [0.29, 0.717) is 35.4 Å². The summed E-state index contributed by atoms with van der Waals surface area (Å²) >= 11 is 6.44. The fraction of sp³-hybridized carbons (Fsp3) is 0.185. The fourth-order valence-corrected chi connectivity index (χ4v) is 4.03. The first kappa shape index (κ1) is 21.8. The summed E-state index contributed by atoms with van der Waals surface area (Å²) in [5.74, 6) is -0.386. The van der Waals surface area contributed by atoms with Crippen LogP contribution >= 0.6 is 11.6 Å². The molecule has 4 nitrogen and oxygen atoms in total. The monoisotopic (exact) mass is 444 g/mol. The summed E-state index contributed by atoms with van der Waals surface area (Å²) in [6, 6.07) is 25.1. The van der Waals surface area contributed by atoms with Crippen molar-refractivity contribution in [3.8, 4) is 0 Å². The van der Waals surface area contributed by atoms with Gasteiger partial charge < -0.3 is 9.88 Å². The number of pyridine rings is 1. The van der Waals surface area contributed by atoms with Gasteiger partial charge in [0.15, 0.2) is 0 Å². The van der Waals surface area contributed by atoms with Crippen LogP contribution in [0.4, 0.5) is 0 Å². The first-order chi connectivity index (χ1) is 15.6. The van der Waals surface area contributed by atoms with E-state index < -0.39 is 0 Å². The van der Waals surface area contributed by atoms with Crippen molar-refractivity contribution in [3.63, 3.8) is 0 Å². The maximum Gasteiger partial charge on any atom is 0.264 e. The summed E-state index contributed by atoms with van der Waals surface area (Å²) < 4.78 is 1.63. The van der Waals surface area contributed by atoms with Crippen LogP contribution in [0.25, 0.3) is 10.9 Å². The zero-order chi connectivity index (χ0) is 22.5. The number of hydrogen-bond acceptors (Lipinski definition) is 2. The third-order valence-corrected chi connectivity index (χ3v) is 5.97. The van der Waals surface area contributed by atoms with Crippen LogP contribution in [0.2, 0.25) is 5.02 Å². The highest BCUT2D eigenvalue weighted by molar-refractivity contribution is 6.35. The predicted octanol–water partition coefficient (Wildman–Crippen LogP) is 5.24. The number of nitrogens with zero attached hydrogens (tertiary/aromatic N) is 1. The molecule has 4 aromatic rings. The molecule has 0 radical (unpaired) electrons. The third kappa shape index (κ3) is 4.76. The molecule has 1 heterocycles. The Morgan fingerprint density at radius 3 is 2.34 bits per heavy atom. The van der Waals surface area contributed by atoms with Crippen molar-refractivity contribution >= 4 is 28.4 Å². The molecule has 0 aliphatic heterocycles. The first-order valence-corrected chi connectivity index (χ1v) is 11.2. The number of hydrogen-bond donors (Lipinski definition) is 1. The molecule has 3 aromatic carbocycles. The van der Waals surface area contributed by atoms with Crippen LogP contribution in [-0.4, -0.2) is 17.0 Å². The highest BCUT2D eigenvalue weighted by Crippen LogP contribution is 2.24. The minimum absolute atomic E-state index is 0.101. The molecule has 0 spiro atoms. The number of aryl methyl sites for hydroxylation is 1. The Morgan fingerprint density at radius 2 is 1.62 bits per heavy atom. The second-order valence-electron chi connectivity index (χ2n) is 7.78. The molecule has 32 heavy (non-hydrogen) atoms. The standard InChI is InChI=1S/C27H25ClN2O2/c1-2-19-11-13-21(14-12-19)18-30-25-10-6-9-24(28)22(25)17-23(27(30)32)26(31)29-16-15-20-7-4-3-5-8-20/h3-14,17H,2,15-16,18H2,1H3,(H,29,31). The van der Waals surface area contributed by atoms with E-state index in [4.69, 9.17) is 11.6 Å². The summed E-state index contributed by atoms with van der Waals surface area (Å²) in [5, 5.41) is 4.08. The third-order valence-electron chi connectivity index (χ3n) is 5.64. The van der Waals surface area contributed by atoms with Gasteiger partial charge in [-0.15, -0.1) is 0 Å². The van der Waals surface area contributed by atoms with Gasteiger partial charge in [0.1, 0.15) is 5.56 Å². The van der Waals surface area contributed by atoms with Gasteiger partial charge in [-0.05, 0) is 47.7 Å². The Labute approximate surface area is 192 Å². The Morgan fingerprint density at radius 1 is 0.906 bits per heavy atom. The van der Waals surface area contributed by atoms with Crippen LogP contribution < -0.4 is 10.9 Å². The lowest BCUT2D eigenvalue weighted by molar-refractivity contribution is 0.0952. The molecule has 1 aromatic heterocycles. The Kier molecular flexibility index (Phi) is 6.72. The van der Waals surface area contributed by atoms with Gasteiger partial charge in [0.25, 0.3) is 11.5 Å². The van der Waals surface area contributed by atoms with Gasteiger partial charge in [-0.25, -0.2) is 0 Å². The SMILES string of the molecule is CCc1ccc(Cn2c(=O)c(C(=O)NCCc3ccccc3)cc3c(Cl)cccc32)cc1. The number of fused-ring (bicyclic) bond motifs is 1. The van der Waals surface area contributed by atoms with Crippen molar-refractivity contribution in [2.75, 3.05) is 6.54 Å². The fourth-order valence-electron chi connectivity index (χ4n) is 3.81. The van der Waals surface area contributed by atoms with Crippen molar-refractivity contribution in [2.45, 2.75) is 26.3 Å². The lowest BCUT2D eigenvalue weighted by Gasteiger charge is -2.14. The predicted molar refractivity (Wildman–Crippen MR) is 131 cm³/mol. The minimum atomic E-state index is -0.386. The lowest BCUT2D eigenvalue weighted by Crippen LogP contribution is -2.34. The summed E-state index contributed by atoms with van der Waals surface area (Å²) in [5.41, 5.74) is 3.85. The molecular weight excluding hydrogens is 420 g/mol. The van der Waals surface area contributed by atoms with Gasteiger partial charge >= 0.3 is 0 Å². The number of carbonyl (C=O) groups is 1. The van der Waals surface area contributed by atoms with Gasteiger partial charge in [-0.1, -0.05) is 79.2 Å². The van der Waals surface area contributed by atoms with Crippen LogP contribution in [-0.2, 0) is 19.4 Å². The van der Waals surface area contributed by atoms with E-state index in [-0.39, 0.29) is 17.0 Å². The van der Waals surface area contributed by atoms with E-state index in [0.717, 1.165) is 17.5 Å². The van der Waals surface area contributed by atoms with E-state index in [1.54, 1.807) is 16.7 Å². The van der Waals surface area contributed by atoms with Crippen LogP contribution in [0.1, 0.15) is 34.0 Å². The van der Waals surface area contributed by atoms with E-state index in [9.17, 15) is 9.59 Å². The molecule has 0 fully saturated rings. The van der Waals surface area contributed by atoms with Crippen molar-refractivity contribution in [1.82, 2.24) is 9.88 Å². The van der Waals surface area contributed by atoms with Crippen molar-refractivity contribution in [2.24, 2.45) is 0 Å². The van der Waals surface area contributed by atoms with Gasteiger partial charge in [-0.3, -0.25) is 9.59 Å². The van der Waals surface area contributed by atoms with Crippen molar-refractivity contribution < 1.29 is 4.79 Å². The smallest absolute Gasteiger partial charge is 0.264 e. The quantitative estimate of drug-likeness (QED) is 0.424. The first-order valence-electron chi connectivity index (χ1n) is 10.8. The Bertz CT molecular complexity index is 1300. The van der Waals surface area contributed by atoms with E-state index in [1.165, 1.54) is 5.56 Å². The van der Waals surface area contributed by atoms with E-state index in [1.807, 2.05) is 54.6 Å². The minimum Gasteiger partial charge on any atom is -0.352 e. The van der Waals surface area contributed by atoms with Crippen molar-refractivity contribution in [3.05, 3.63) is 116 Å². The molecule has 0 aliphatic carbocycles. The summed E-state index contributed by atoms with van der Waals surface area (Å²) in [6.45, 7) is 2.92. The molecule has 1 N–H and O–H groups in total. The Balaban J connectivity index is 1.66. The Hall–Kier alpha value is -3.37. The maximum atomic E-state index is 13.4. The van der Waals surface area contributed by atoms with Gasteiger partial charge in [0, 0.05) is 17.0 Å². The molecule has 5 heteroatoms. The largest absolute Gasteiger partial charge is 0.352 e.